The fourth-order valence-electron chi connectivity index (χ4n) is 8.23. The topological polar surface area (TPSA) is 56.7 Å². The van der Waals surface area contributed by atoms with Crippen LogP contribution in [0, 0.1) is 13.8 Å². The van der Waals surface area contributed by atoms with Gasteiger partial charge in [0.05, 0.1) is 38.6 Å². The third-order valence-corrected chi connectivity index (χ3v) is 10.4. The van der Waals surface area contributed by atoms with Crippen molar-refractivity contribution >= 4 is 76.8 Å². The van der Waals surface area contributed by atoms with Gasteiger partial charge in [0, 0.05) is 33.3 Å². The Balaban J connectivity index is 1.14. The lowest BCUT2D eigenvalue weighted by Crippen LogP contribution is -1.97. The maximum atomic E-state index is 6.69. The van der Waals surface area contributed by atoms with E-state index in [1.165, 1.54) is 27.6 Å². The minimum atomic E-state index is 0.730. The van der Waals surface area contributed by atoms with Crippen LogP contribution >= 0.6 is 0 Å². The molecule has 5 aromatic heterocycles. The van der Waals surface area contributed by atoms with Gasteiger partial charge in [-0.25, -0.2) is 9.97 Å². The zero-order chi connectivity index (χ0) is 33.8. The lowest BCUT2D eigenvalue weighted by atomic mass is 9.92. The molecule has 0 aliphatic carbocycles. The van der Waals surface area contributed by atoms with Crippen LogP contribution in [0.5, 0.6) is 11.5 Å². The molecule has 6 nitrogen and oxygen atoms in total. The number of fused-ring (bicyclic) bond motifs is 16. The average Bonchev–Trinajstić information content (AvgIpc) is 3.75. The van der Waals surface area contributed by atoms with Crippen LogP contribution in [-0.4, -0.2) is 23.8 Å². The number of hydrogen-bond donors (Lipinski definition) is 0. The summed E-state index contributed by atoms with van der Waals surface area (Å²) in [4.78, 5) is 15.1. The van der Waals surface area contributed by atoms with Gasteiger partial charge in [0.15, 0.2) is 0 Å². The van der Waals surface area contributed by atoms with Crippen molar-refractivity contribution in [2.45, 2.75) is 13.8 Å². The number of aromatic nitrogens is 5. The largest absolute Gasteiger partial charge is 0.457 e. The van der Waals surface area contributed by atoms with Crippen LogP contribution in [0.2, 0.25) is 0 Å². The molecule has 0 saturated heterocycles. The van der Waals surface area contributed by atoms with E-state index in [9.17, 15) is 0 Å². The third kappa shape index (κ3) is 3.96. The molecule has 0 atom stereocenters. The van der Waals surface area contributed by atoms with Crippen molar-refractivity contribution < 1.29 is 4.74 Å². The molecular weight excluding hydrogens is 627 g/mol. The van der Waals surface area contributed by atoms with Crippen LogP contribution < -0.4 is 4.74 Å². The zero-order valence-corrected chi connectivity index (χ0v) is 27.9. The predicted octanol–water partition coefficient (Wildman–Crippen LogP) is 11.4. The van der Waals surface area contributed by atoms with Crippen molar-refractivity contribution in [3.05, 3.63) is 151 Å². The highest BCUT2D eigenvalue weighted by molar-refractivity contribution is 6.17. The number of para-hydroxylation sites is 5. The molecule has 0 bridgehead atoms. The van der Waals surface area contributed by atoms with Gasteiger partial charge in [-0.05, 0) is 109 Å². The van der Waals surface area contributed by atoms with Crippen molar-refractivity contribution in [2.75, 3.05) is 0 Å². The van der Waals surface area contributed by atoms with Gasteiger partial charge in [0.25, 0.3) is 0 Å². The summed E-state index contributed by atoms with van der Waals surface area (Å²) in [7, 11) is 0. The van der Waals surface area contributed by atoms with E-state index in [0.29, 0.717) is 0 Å². The molecule has 0 spiro atoms. The highest BCUT2D eigenvalue weighted by Crippen LogP contribution is 2.41. The number of aryl methyl sites for hydroxylation is 2. The van der Waals surface area contributed by atoms with Crippen LogP contribution in [-0.2, 0) is 0 Å². The number of benzene rings is 6. The highest BCUT2D eigenvalue weighted by atomic mass is 16.5. The molecule has 11 rings (SSSR count). The summed E-state index contributed by atoms with van der Waals surface area (Å²) in [5.41, 5.74) is 13.9. The summed E-state index contributed by atoms with van der Waals surface area (Å²) >= 11 is 0. The number of pyridine rings is 3. The molecule has 0 N–H and O–H groups in total. The number of hydrogen-bond acceptors (Lipinski definition) is 4. The van der Waals surface area contributed by atoms with E-state index in [2.05, 4.69) is 138 Å². The van der Waals surface area contributed by atoms with E-state index in [1.54, 1.807) is 0 Å². The normalized spacial score (nSPS) is 12.1. The molecule has 0 saturated carbocycles. The van der Waals surface area contributed by atoms with Gasteiger partial charge in [-0.3, -0.25) is 13.8 Å². The Morgan fingerprint density at radius 1 is 0.490 bits per heavy atom. The Labute approximate surface area is 291 Å². The van der Waals surface area contributed by atoms with Gasteiger partial charge in [-0.15, -0.1) is 0 Å². The van der Waals surface area contributed by atoms with E-state index in [1.807, 2.05) is 24.4 Å². The predicted molar refractivity (Wildman–Crippen MR) is 208 cm³/mol. The van der Waals surface area contributed by atoms with Crippen LogP contribution in [0.4, 0.5) is 0 Å². The standard InChI is InChI=1S/C45H29N5O/c1-26-10-7-11-27(2)41(26)33-13-8-12-32-30-21-19-28(24-34(30)45-48-37-15-4-6-17-39(37)50(45)43(32)33)51-29-20-22-31-35(25-29)44-47-36-14-3-5-16-38(36)49(44)40-18-9-23-46-42(31)40/h3-25H,1-2H3. The molecule has 0 unspecified atom stereocenters. The maximum Gasteiger partial charge on any atom is 0.146 e. The first-order valence-electron chi connectivity index (χ1n) is 17.2. The smallest absolute Gasteiger partial charge is 0.146 e. The van der Waals surface area contributed by atoms with E-state index in [0.717, 1.165) is 83.0 Å². The SMILES string of the molecule is Cc1cccc(C)c1-c1cccc2c3ccc(Oc4ccc5c(c4)c4nc6ccccc6n4c4cccnc54)cc3c3nc4ccccc4n3c12. The van der Waals surface area contributed by atoms with Gasteiger partial charge in [-0.2, -0.15) is 0 Å². The Morgan fingerprint density at radius 3 is 1.84 bits per heavy atom. The minimum absolute atomic E-state index is 0.730. The van der Waals surface area contributed by atoms with Crippen molar-refractivity contribution in [2.24, 2.45) is 0 Å². The van der Waals surface area contributed by atoms with Gasteiger partial charge in [-0.1, -0.05) is 60.7 Å². The van der Waals surface area contributed by atoms with E-state index in [-0.39, 0.29) is 0 Å². The second kappa shape index (κ2) is 10.4. The number of rotatable bonds is 3. The fourth-order valence-corrected chi connectivity index (χ4v) is 8.23. The zero-order valence-electron chi connectivity index (χ0n) is 27.9. The van der Waals surface area contributed by atoms with Gasteiger partial charge >= 0.3 is 0 Å². The molecule has 5 heterocycles. The molecule has 240 valence electrons. The van der Waals surface area contributed by atoms with Crippen LogP contribution in [0.25, 0.3) is 88.0 Å². The highest BCUT2D eigenvalue weighted by Gasteiger charge is 2.20. The molecular formula is C45H29N5O. The minimum Gasteiger partial charge on any atom is -0.457 e. The Kier molecular flexibility index (Phi) is 5.71. The first-order valence-corrected chi connectivity index (χ1v) is 17.2. The first kappa shape index (κ1) is 28.1. The summed E-state index contributed by atoms with van der Waals surface area (Å²) in [6.45, 7) is 4.39. The van der Waals surface area contributed by atoms with Crippen molar-refractivity contribution in [3.8, 4) is 22.6 Å². The molecule has 0 radical (unpaired) electrons. The molecule has 6 aromatic carbocycles. The quantitative estimate of drug-likeness (QED) is 0.178. The number of ether oxygens (including phenoxy) is 1. The van der Waals surface area contributed by atoms with Crippen LogP contribution in [0.1, 0.15) is 11.1 Å². The molecule has 11 aromatic rings. The Morgan fingerprint density at radius 2 is 1.10 bits per heavy atom. The summed E-state index contributed by atoms with van der Waals surface area (Å²) < 4.78 is 11.2. The lowest BCUT2D eigenvalue weighted by Gasteiger charge is -2.17. The molecule has 0 aliphatic rings. The number of nitrogens with zero attached hydrogens (tertiary/aromatic N) is 5. The second-order valence-corrected chi connectivity index (χ2v) is 13.4. The molecule has 0 aliphatic heterocycles. The number of imidazole rings is 2. The van der Waals surface area contributed by atoms with Gasteiger partial charge < -0.3 is 4.74 Å². The van der Waals surface area contributed by atoms with Crippen molar-refractivity contribution in [3.63, 3.8) is 0 Å². The Hall–Kier alpha value is -6.79. The Bertz CT molecular complexity index is 3240. The van der Waals surface area contributed by atoms with Crippen molar-refractivity contribution in [1.29, 1.82) is 0 Å². The van der Waals surface area contributed by atoms with Crippen LogP contribution in [0.3, 0.4) is 0 Å². The molecule has 0 amide bonds. The summed E-state index contributed by atoms with van der Waals surface area (Å²) in [6, 6.07) is 46.5. The van der Waals surface area contributed by atoms with E-state index in [4.69, 9.17) is 19.7 Å². The summed E-state index contributed by atoms with van der Waals surface area (Å²) in [6.07, 6.45) is 1.85. The van der Waals surface area contributed by atoms with E-state index >= 15 is 0 Å². The molecule has 51 heavy (non-hydrogen) atoms. The summed E-state index contributed by atoms with van der Waals surface area (Å²) in [5, 5.41) is 5.37. The molecule has 0 fully saturated rings. The first-order chi connectivity index (χ1) is 25.1. The second-order valence-electron chi connectivity index (χ2n) is 13.4. The van der Waals surface area contributed by atoms with Crippen molar-refractivity contribution in [1.82, 2.24) is 23.8 Å². The monoisotopic (exact) mass is 655 g/mol. The fraction of sp³-hybridized carbons (Fsp3) is 0.0444. The van der Waals surface area contributed by atoms with Crippen LogP contribution in [0.15, 0.2) is 140 Å². The maximum absolute atomic E-state index is 6.69. The molecule has 6 heteroatoms. The van der Waals surface area contributed by atoms with E-state index < -0.39 is 0 Å². The lowest BCUT2D eigenvalue weighted by molar-refractivity contribution is 0.484. The van der Waals surface area contributed by atoms with Gasteiger partial charge in [0.1, 0.15) is 22.8 Å². The van der Waals surface area contributed by atoms with Gasteiger partial charge in [0.2, 0.25) is 0 Å². The summed E-state index contributed by atoms with van der Waals surface area (Å²) in [5.74, 6) is 1.47. The average molecular weight is 656 g/mol. The third-order valence-electron chi connectivity index (χ3n) is 10.4.